The highest BCUT2D eigenvalue weighted by atomic mass is 19.1. The molecule has 0 aromatic heterocycles. The second kappa shape index (κ2) is 7.49. The predicted octanol–water partition coefficient (Wildman–Crippen LogP) is 3.08. The summed E-state index contributed by atoms with van der Waals surface area (Å²) in [5, 5.41) is 3.41. The third kappa shape index (κ3) is 4.39. The van der Waals surface area contributed by atoms with E-state index in [-0.39, 0.29) is 18.0 Å². The molecule has 2 unspecified atom stereocenters. The standard InChI is InChI=1S/C15H24FNO/c1-5-17-15(12(4)18-6-2)10-13-9-14(16)8-7-11(13)3/h7-9,12,15,17H,5-6,10H2,1-4H3. The van der Waals surface area contributed by atoms with Crippen LogP contribution in [0.3, 0.4) is 0 Å². The Morgan fingerprint density at radius 3 is 2.67 bits per heavy atom. The zero-order valence-electron chi connectivity index (χ0n) is 11.8. The minimum atomic E-state index is -0.171. The summed E-state index contributed by atoms with van der Waals surface area (Å²) in [7, 11) is 0. The van der Waals surface area contributed by atoms with Crippen molar-refractivity contribution < 1.29 is 9.13 Å². The van der Waals surface area contributed by atoms with E-state index in [0.717, 1.165) is 24.1 Å². The van der Waals surface area contributed by atoms with E-state index in [1.807, 2.05) is 19.9 Å². The van der Waals surface area contributed by atoms with E-state index in [4.69, 9.17) is 4.74 Å². The maximum Gasteiger partial charge on any atom is 0.123 e. The lowest BCUT2D eigenvalue weighted by Crippen LogP contribution is -2.41. The number of ether oxygens (including phenoxy) is 1. The minimum Gasteiger partial charge on any atom is -0.377 e. The molecule has 0 aliphatic rings. The largest absolute Gasteiger partial charge is 0.377 e. The fourth-order valence-corrected chi connectivity index (χ4v) is 2.14. The van der Waals surface area contributed by atoms with Crippen LogP contribution in [0.15, 0.2) is 18.2 Å². The van der Waals surface area contributed by atoms with Crippen LogP contribution in [0.4, 0.5) is 4.39 Å². The van der Waals surface area contributed by atoms with Crippen molar-refractivity contribution in [2.24, 2.45) is 0 Å². The van der Waals surface area contributed by atoms with Crippen LogP contribution in [0, 0.1) is 12.7 Å². The van der Waals surface area contributed by atoms with Crippen molar-refractivity contribution in [2.45, 2.75) is 46.3 Å². The van der Waals surface area contributed by atoms with E-state index in [9.17, 15) is 4.39 Å². The Bertz CT molecular complexity index is 368. The van der Waals surface area contributed by atoms with Crippen molar-refractivity contribution in [3.63, 3.8) is 0 Å². The average Bonchev–Trinajstić information content (AvgIpc) is 2.33. The summed E-state index contributed by atoms with van der Waals surface area (Å²) in [6.07, 6.45) is 0.913. The fourth-order valence-electron chi connectivity index (χ4n) is 2.14. The maximum atomic E-state index is 13.3. The molecule has 1 aromatic carbocycles. The first-order valence-electron chi connectivity index (χ1n) is 6.68. The summed E-state index contributed by atoms with van der Waals surface area (Å²) in [5.74, 6) is -0.171. The first-order valence-corrected chi connectivity index (χ1v) is 6.68. The molecule has 0 saturated heterocycles. The third-order valence-electron chi connectivity index (χ3n) is 3.21. The maximum absolute atomic E-state index is 13.3. The van der Waals surface area contributed by atoms with Gasteiger partial charge in [0.2, 0.25) is 0 Å². The van der Waals surface area contributed by atoms with Gasteiger partial charge in [-0.15, -0.1) is 0 Å². The Morgan fingerprint density at radius 1 is 1.33 bits per heavy atom. The van der Waals surface area contributed by atoms with Gasteiger partial charge in [-0.3, -0.25) is 0 Å². The number of likely N-dealkylation sites (N-methyl/N-ethyl adjacent to an activating group) is 1. The monoisotopic (exact) mass is 253 g/mol. The van der Waals surface area contributed by atoms with Gasteiger partial charge in [0, 0.05) is 12.6 Å². The highest BCUT2D eigenvalue weighted by Crippen LogP contribution is 2.15. The molecule has 102 valence electrons. The first-order chi connectivity index (χ1) is 8.58. The van der Waals surface area contributed by atoms with Gasteiger partial charge in [0.25, 0.3) is 0 Å². The summed E-state index contributed by atoms with van der Waals surface area (Å²) in [4.78, 5) is 0. The highest BCUT2D eigenvalue weighted by Gasteiger charge is 2.18. The molecule has 2 atom stereocenters. The SMILES string of the molecule is CCNC(Cc1cc(F)ccc1C)C(C)OCC. The number of rotatable bonds is 7. The molecule has 0 aliphatic heterocycles. The predicted molar refractivity (Wildman–Crippen MR) is 73.4 cm³/mol. The zero-order valence-corrected chi connectivity index (χ0v) is 11.8. The Labute approximate surface area is 110 Å². The van der Waals surface area contributed by atoms with Gasteiger partial charge in [-0.05, 0) is 57.0 Å². The molecule has 0 aliphatic carbocycles. The molecule has 0 bridgehead atoms. The summed E-state index contributed by atoms with van der Waals surface area (Å²) >= 11 is 0. The Kier molecular flexibility index (Phi) is 6.30. The van der Waals surface area contributed by atoms with Gasteiger partial charge in [0.1, 0.15) is 5.82 Å². The van der Waals surface area contributed by atoms with Crippen molar-refractivity contribution in [3.05, 3.63) is 35.1 Å². The summed E-state index contributed by atoms with van der Waals surface area (Å²) in [6.45, 7) is 9.73. The summed E-state index contributed by atoms with van der Waals surface area (Å²) in [5.41, 5.74) is 2.18. The Balaban J connectivity index is 2.78. The van der Waals surface area contributed by atoms with Gasteiger partial charge in [-0.25, -0.2) is 4.39 Å². The van der Waals surface area contributed by atoms with E-state index < -0.39 is 0 Å². The number of hydrogen-bond acceptors (Lipinski definition) is 2. The van der Waals surface area contributed by atoms with Gasteiger partial charge in [0.05, 0.1) is 6.10 Å². The Hall–Kier alpha value is -0.930. The molecule has 1 rings (SSSR count). The van der Waals surface area contributed by atoms with E-state index in [0.29, 0.717) is 6.61 Å². The molecule has 0 spiro atoms. The van der Waals surface area contributed by atoms with Crippen molar-refractivity contribution in [2.75, 3.05) is 13.2 Å². The molecule has 0 saturated carbocycles. The average molecular weight is 253 g/mol. The molecule has 18 heavy (non-hydrogen) atoms. The van der Waals surface area contributed by atoms with Gasteiger partial charge in [-0.1, -0.05) is 13.0 Å². The topological polar surface area (TPSA) is 21.3 Å². The van der Waals surface area contributed by atoms with Gasteiger partial charge >= 0.3 is 0 Å². The van der Waals surface area contributed by atoms with Crippen LogP contribution in [0.5, 0.6) is 0 Å². The fraction of sp³-hybridized carbons (Fsp3) is 0.600. The van der Waals surface area contributed by atoms with E-state index in [1.165, 1.54) is 6.07 Å². The highest BCUT2D eigenvalue weighted by molar-refractivity contribution is 5.27. The second-order valence-electron chi connectivity index (χ2n) is 4.60. The van der Waals surface area contributed by atoms with Crippen LogP contribution in [0.25, 0.3) is 0 Å². The molecular weight excluding hydrogens is 229 g/mol. The molecule has 0 amide bonds. The van der Waals surface area contributed by atoms with Crippen LogP contribution < -0.4 is 5.32 Å². The van der Waals surface area contributed by atoms with Gasteiger partial charge in [0.15, 0.2) is 0 Å². The lowest BCUT2D eigenvalue weighted by Gasteiger charge is -2.25. The zero-order chi connectivity index (χ0) is 13.5. The quantitative estimate of drug-likeness (QED) is 0.806. The van der Waals surface area contributed by atoms with Crippen molar-refractivity contribution in [1.29, 1.82) is 0 Å². The molecule has 2 nitrogen and oxygen atoms in total. The van der Waals surface area contributed by atoms with Crippen molar-refractivity contribution in [1.82, 2.24) is 5.32 Å². The lowest BCUT2D eigenvalue weighted by molar-refractivity contribution is 0.0480. The number of hydrogen-bond donors (Lipinski definition) is 1. The first kappa shape index (κ1) is 15.1. The Morgan fingerprint density at radius 2 is 2.06 bits per heavy atom. The second-order valence-corrected chi connectivity index (χ2v) is 4.60. The third-order valence-corrected chi connectivity index (χ3v) is 3.21. The summed E-state index contributed by atoms with van der Waals surface area (Å²) in [6, 6.07) is 5.18. The van der Waals surface area contributed by atoms with Crippen molar-refractivity contribution >= 4 is 0 Å². The van der Waals surface area contributed by atoms with E-state index in [1.54, 1.807) is 6.07 Å². The molecule has 0 radical (unpaired) electrons. The van der Waals surface area contributed by atoms with Crippen LogP contribution in [-0.2, 0) is 11.2 Å². The molecule has 0 heterocycles. The minimum absolute atomic E-state index is 0.123. The van der Waals surface area contributed by atoms with Crippen LogP contribution >= 0.6 is 0 Å². The van der Waals surface area contributed by atoms with Crippen LogP contribution in [0.1, 0.15) is 31.9 Å². The molecule has 1 aromatic rings. The number of benzene rings is 1. The van der Waals surface area contributed by atoms with Crippen LogP contribution in [0.2, 0.25) is 0 Å². The lowest BCUT2D eigenvalue weighted by atomic mass is 9.98. The smallest absolute Gasteiger partial charge is 0.123 e. The number of nitrogens with one attached hydrogen (secondary N) is 1. The van der Waals surface area contributed by atoms with Crippen LogP contribution in [-0.4, -0.2) is 25.3 Å². The number of aryl methyl sites for hydroxylation is 1. The molecule has 3 heteroatoms. The van der Waals surface area contributed by atoms with Gasteiger partial charge < -0.3 is 10.1 Å². The molecule has 0 fully saturated rings. The molecule has 1 N–H and O–H groups in total. The normalized spacial score (nSPS) is 14.5. The summed E-state index contributed by atoms with van der Waals surface area (Å²) < 4.78 is 18.9. The van der Waals surface area contributed by atoms with Gasteiger partial charge in [-0.2, -0.15) is 0 Å². The van der Waals surface area contributed by atoms with E-state index >= 15 is 0 Å². The van der Waals surface area contributed by atoms with Crippen molar-refractivity contribution in [3.8, 4) is 0 Å². The number of halogens is 1. The molecular formula is C15H24FNO. The van der Waals surface area contributed by atoms with E-state index in [2.05, 4.69) is 19.2 Å².